The second kappa shape index (κ2) is 9.07. The van der Waals surface area contributed by atoms with Crippen LogP contribution in [0.4, 0.5) is 0 Å². The van der Waals surface area contributed by atoms with E-state index in [1.807, 2.05) is 56.3 Å². The topological polar surface area (TPSA) is 63.6 Å². The molecule has 4 heteroatoms. The Bertz CT molecular complexity index is 1100. The minimum absolute atomic E-state index is 0.0282. The summed E-state index contributed by atoms with van der Waals surface area (Å²) in [4.78, 5) is 24.8. The van der Waals surface area contributed by atoms with Gasteiger partial charge in [0.2, 0.25) is 0 Å². The van der Waals surface area contributed by atoms with Gasteiger partial charge in [-0.15, -0.1) is 0 Å². The molecule has 0 aromatic heterocycles. The third-order valence-electron chi connectivity index (χ3n) is 4.78. The predicted molar refractivity (Wildman–Crippen MR) is 113 cm³/mol. The quantitative estimate of drug-likeness (QED) is 0.478. The van der Waals surface area contributed by atoms with Gasteiger partial charge < -0.3 is 9.84 Å². The monoisotopic (exact) mass is 386 g/mol. The van der Waals surface area contributed by atoms with Crippen molar-refractivity contribution in [2.75, 3.05) is 0 Å². The summed E-state index contributed by atoms with van der Waals surface area (Å²) < 4.78 is 5.54. The Kier molecular flexibility index (Phi) is 6.31. The fourth-order valence-electron chi connectivity index (χ4n) is 3.20. The second-order valence-corrected chi connectivity index (χ2v) is 6.66. The molecule has 3 aromatic rings. The molecule has 146 valence electrons. The zero-order valence-corrected chi connectivity index (χ0v) is 16.4. The Balaban J connectivity index is 2.20. The van der Waals surface area contributed by atoms with Crippen LogP contribution in [0.3, 0.4) is 0 Å². The summed E-state index contributed by atoms with van der Waals surface area (Å²) in [6.07, 6.45) is 1.08. The lowest BCUT2D eigenvalue weighted by atomic mass is 9.94. The van der Waals surface area contributed by atoms with Crippen molar-refractivity contribution in [2.24, 2.45) is 0 Å². The van der Waals surface area contributed by atoms with E-state index in [1.165, 1.54) is 6.07 Å². The van der Waals surface area contributed by atoms with Crippen molar-refractivity contribution in [1.29, 1.82) is 0 Å². The van der Waals surface area contributed by atoms with E-state index in [4.69, 9.17) is 4.74 Å². The molecular formula is C25H22O4. The van der Waals surface area contributed by atoms with Crippen LogP contribution in [0, 0.1) is 11.8 Å². The van der Waals surface area contributed by atoms with Crippen LogP contribution in [-0.2, 0) is 4.74 Å². The molecule has 0 radical (unpaired) electrons. The summed E-state index contributed by atoms with van der Waals surface area (Å²) in [5, 5.41) is 11.0. The van der Waals surface area contributed by atoms with Gasteiger partial charge in [-0.2, -0.15) is 0 Å². The van der Waals surface area contributed by atoms with E-state index >= 15 is 0 Å². The van der Waals surface area contributed by atoms with E-state index in [0.717, 1.165) is 5.56 Å². The van der Waals surface area contributed by atoms with Crippen molar-refractivity contribution in [3.63, 3.8) is 0 Å². The van der Waals surface area contributed by atoms with Crippen molar-refractivity contribution in [3.05, 3.63) is 82.9 Å². The maximum atomic E-state index is 12.8. The highest BCUT2D eigenvalue weighted by Gasteiger charge is 2.24. The Hall–Kier alpha value is -3.58. The Labute approximate surface area is 170 Å². The van der Waals surface area contributed by atoms with Gasteiger partial charge in [0.25, 0.3) is 0 Å². The number of hydrogen-bond donors (Lipinski definition) is 1. The Morgan fingerprint density at radius 2 is 1.55 bits per heavy atom. The summed E-state index contributed by atoms with van der Waals surface area (Å²) >= 11 is 0. The summed E-state index contributed by atoms with van der Waals surface area (Å²) in [5.41, 5.74) is 1.40. The van der Waals surface area contributed by atoms with Crippen molar-refractivity contribution in [1.82, 2.24) is 0 Å². The van der Waals surface area contributed by atoms with Crippen LogP contribution in [0.5, 0.6) is 0 Å². The van der Waals surface area contributed by atoms with Crippen LogP contribution in [0.1, 0.15) is 58.5 Å². The van der Waals surface area contributed by atoms with Gasteiger partial charge in [0.1, 0.15) is 6.10 Å². The summed E-state index contributed by atoms with van der Waals surface area (Å²) in [5.74, 6) is 4.38. The van der Waals surface area contributed by atoms with Gasteiger partial charge >= 0.3 is 11.9 Å². The van der Waals surface area contributed by atoms with Crippen LogP contribution < -0.4 is 0 Å². The van der Waals surface area contributed by atoms with Gasteiger partial charge in [-0.25, -0.2) is 9.59 Å². The molecule has 3 rings (SSSR count). The largest absolute Gasteiger partial charge is 0.478 e. The van der Waals surface area contributed by atoms with Crippen LogP contribution >= 0.6 is 0 Å². The number of hydrogen-bond acceptors (Lipinski definition) is 3. The van der Waals surface area contributed by atoms with Crippen LogP contribution in [-0.4, -0.2) is 23.1 Å². The fraction of sp³-hybridized carbons (Fsp3) is 0.200. The molecule has 0 fully saturated rings. The fourth-order valence-corrected chi connectivity index (χ4v) is 3.20. The van der Waals surface area contributed by atoms with Crippen LogP contribution in [0.25, 0.3) is 10.8 Å². The van der Waals surface area contributed by atoms with E-state index in [1.54, 1.807) is 12.1 Å². The Morgan fingerprint density at radius 1 is 0.931 bits per heavy atom. The van der Waals surface area contributed by atoms with Gasteiger partial charge in [-0.1, -0.05) is 68.2 Å². The number of carbonyl (C=O) groups is 2. The normalized spacial score (nSPS) is 10.4. The number of carbonyl (C=O) groups excluding carboxylic acids is 1. The smallest absolute Gasteiger partial charge is 0.339 e. The third kappa shape index (κ3) is 4.47. The van der Waals surface area contributed by atoms with Gasteiger partial charge in [-0.3, -0.25) is 0 Å². The number of ether oxygens (including phenoxy) is 1. The molecule has 0 spiro atoms. The minimum Gasteiger partial charge on any atom is -0.478 e. The number of aromatic carboxylic acids is 1. The highest BCUT2D eigenvalue weighted by Crippen LogP contribution is 2.27. The summed E-state index contributed by atoms with van der Waals surface area (Å²) in [6, 6.07) is 18.1. The van der Waals surface area contributed by atoms with E-state index in [2.05, 4.69) is 11.8 Å². The van der Waals surface area contributed by atoms with Gasteiger partial charge in [-0.05, 0) is 41.8 Å². The lowest BCUT2D eigenvalue weighted by Crippen LogP contribution is -2.19. The molecule has 0 saturated heterocycles. The predicted octanol–water partition coefficient (Wildman–Crippen LogP) is 5.28. The number of benzene rings is 3. The molecule has 0 bridgehead atoms. The molecule has 0 amide bonds. The average Bonchev–Trinajstić information content (AvgIpc) is 2.75. The van der Waals surface area contributed by atoms with Gasteiger partial charge in [0.05, 0.1) is 11.1 Å². The Morgan fingerprint density at radius 3 is 2.17 bits per heavy atom. The molecule has 0 heterocycles. The average molecular weight is 386 g/mol. The first kappa shape index (κ1) is 20.2. The van der Waals surface area contributed by atoms with Gasteiger partial charge in [0, 0.05) is 11.1 Å². The maximum Gasteiger partial charge on any atom is 0.339 e. The molecule has 3 aromatic carbocycles. The van der Waals surface area contributed by atoms with E-state index in [-0.39, 0.29) is 17.2 Å². The SMILES string of the molecule is CCC(CC)OC(=O)c1cc(C#Cc2ccccc2)c2ccccc2c1C(=O)O. The third-order valence-corrected chi connectivity index (χ3v) is 4.78. The van der Waals surface area contributed by atoms with Crippen LogP contribution in [0.15, 0.2) is 60.7 Å². The maximum absolute atomic E-state index is 12.8. The molecule has 29 heavy (non-hydrogen) atoms. The number of fused-ring (bicyclic) bond motifs is 1. The first-order valence-corrected chi connectivity index (χ1v) is 9.62. The minimum atomic E-state index is -1.17. The molecule has 0 aliphatic rings. The first-order valence-electron chi connectivity index (χ1n) is 9.62. The standard InChI is InChI=1S/C25H22O4/c1-3-19(4-2)29-25(28)22-16-18(15-14-17-10-6-5-7-11-17)20-12-8-9-13-21(20)23(22)24(26)27/h5-13,16,19H,3-4H2,1-2H3,(H,26,27). The van der Waals surface area contributed by atoms with Crippen molar-refractivity contribution in [2.45, 2.75) is 32.8 Å². The molecule has 4 nitrogen and oxygen atoms in total. The highest BCUT2D eigenvalue weighted by molar-refractivity contribution is 6.13. The van der Waals surface area contributed by atoms with Crippen molar-refractivity contribution >= 4 is 22.7 Å². The van der Waals surface area contributed by atoms with Gasteiger partial charge in [0.15, 0.2) is 0 Å². The second-order valence-electron chi connectivity index (χ2n) is 6.66. The molecule has 0 unspecified atom stereocenters. The summed E-state index contributed by atoms with van der Waals surface area (Å²) in [7, 11) is 0. The first-order chi connectivity index (χ1) is 14.0. The number of rotatable bonds is 5. The lowest BCUT2D eigenvalue weighted by molar-refractivity contribution is 0.0279. The molecule has 0 atom stereocenters. The molecule has 0 aliphatic heterocycles. The van der Waals surface area contributed by atoms with E-state index in [0.29, 0.717) is 29.2 Å². The molecular weight excluding hydrogens is 364 g/mol. The van der Waals surface area contributed by atoms with Crippen molar-refractivity contribution in [3.8, 4) is 11.8 Å². The van der Waals surface area contributed by atoms with Crippen LogP contribution in [0.2, 0.25) is 0 Å². The number of carboxylic acid groups (broad SMARTS) is 1. The lowest BCUT2D eigenvalue weighted by Gasteiger charge is -2.16. The zero-order valence-electron chi connectivity index (χ0n) is 16.4. The molecule has 0 saturated carbocycles. The van der Waals surface area contributed by atoms with E-state index in [9.17, 15) is 14.7 Å². The van der Waals surface area contributed by atoms with Crippen molar-refractivity contribution < 1.29 is 19.4 Å². The molecule has 1 N–H and O–H groups in total. The zero-order chi connectivity index (χ0) is 20.8. The number of carboxylic acids is 1. The number of esters is 1. The molecule has 0 aliphatic carbocycles. The summed E-state index contributed by atoms with van der Waals surface area (Å²) in [6.45, 7) is 3.85. The highest BCUT2D eigenvalue weighted by atomic mass is 16.5. The van der Waals surface area contributed by atoms with E-state index < -0.39 is 11.9 Å².